The number of hydrogen-bond donors (Lipinski definition) is 2. The molecule has 0 bridgehead atoms. The van der Waals surface area contributed by atoms with Crippen molar-refractivity contribution in [3.63, 3.8) is 0 Å². The molecule has 2 N–H and O–H groups in total. The van der Waals surface area contributed by atoms with Gasteiger partial charge in [-0.2, -0.15) is 0 Å². The quantitative estimate of drug-likeness (QED) is 0.674. The van der Waals surface area contributed by atoms with E-state index in [-0.39, 0.29) is 34.6 Å². The molecule has 1 saturated heterocycles. The van der Waals surface area contributed by atoms with Crippen molar-refractivity contribution in [2.24, 2.45) is 0 Å². The highest BCUT2D eigenvalue weighted by Gasteiger charge is 2.26. The number of aromatic carboxylic acids is 1. The normalized spacial score (nSPS) is 19.3. The van der Waals surface area contributed by atoms with Crippen LogP contribution >= 0.6 is 0 Å². The predicted octanol–water partition coefficient (Wildman–Crippen LogP) is 1.94. The summed E-state index contributed by atoms with van der Waals surface area (Å²) in [5.74, 6) is -2.96. The van der Waals surface area contributed by atoms with Crippen LogP contribution in [0.3, 0.4) is 0 Å². The molecule has 2 atom stereocenters. The third kappa shape index (κ3) is 3.39. The average Bonchev–Trinajstić information content (AvgIpc) is 2.68. The fraction of sp³-hybridized carbons (Fsp3) is 0.300. The summed E-state index contributed by atoms with van der Waals surface area (Å²) in [6.45, 7) is 4.90. The Morgan fingerprint density at radius 3 is 2.57 bits per heavy atom. The molecule has 0 saturated carbocycles. The second-order valence-electron chi connectivity index (χ2n) is 7.41. The highest BCUT2D eigenvalue weighted by molar-refractivity contribution is 5.92. The Bertz CT molecular complexity index is 1200. The van der Waals surface area contributed by atoms with Crippen LogP contribution in [0.15, 0.2) is 35.5 Å². The summed E-state index contributed by atoms with van der Waals surface area (Å²) in [4.78, 5) is 34.0. The molecule has 3 aromatic rings. The van der Waals surface area contributed by atoms with E-state index in [9.17, 15) is 23.5 Å². The van der Waals surface area contributed by atoms with Crippen molar-refractivity contribution < 1.29 is 18.7 Å². The summed E-state index contributed by atoms with van der Waals surface area (Å²) >= 11 is 0. The van der Waals surface area contributed by atoms with Crippen molar-refractivity contribution in [3.8, 4) is 5.69 Å². The van der Waals surface area contributed by atoms with Gasteiger partial charge in [0.05, 0.1) is 17.3 Å². The van der Waals surface area contributed by atoms with Crippen LogP contribution in [0.1, 0.15) is 24.2 Å². The number of aromatic nitrogens is 3. The van der Waals surface area contributed by atoms with Crippen molar-refractivity contribution in [1.82, 2.24) is 19.9 Å². The first kappa shape index (κ1) is 19.9. The minimum atomic E-state index is -1.50. The molecule has 10 heteroatoms. The Labute approximate surface area is 169 Å². The summed E-state index contributed by atoms with van der Waals surface area (Å²) in [7, 11) is 0. The van der Waals surface area contributed by atoms with Gasteiger partial charge in [0.1, 0.15) is 5.56 Å². The molecule has 0 amide bonds. The molecule has 4 rings (SSSR count). The predicted molar refractivity (Wildman–Crippen MR) is 106 cm³/mol. The minimum Gasteiger partial charge on any atom is -0.477 e. The molecule has 2 unspecified atom stereocenters. The summed E-state index contributed by atoms with van der Waals surface area (Å²) in [6.07, 6.45) is 3.29. The smallest absolute Gasteiger partial charge is 0.341 e. The maximum absolute atomic E-state index is 15.0. The van der Waals surface area contributed by atoms with Gasteiger partial charge in [-0.05, 0) is 26.0 Å². The Morgan fingerprint density at radius 1 is 1.23 bits per heavy atom. The van der Waals surface area contributed by atoms with E-state index >= 15 is 0 Å². The van der Waals surface area contributed by atoms with Gasteiger partial charge in [-0.15, -0.1) is 0 Å². The molecule has 156 valence electrons. The first-order chi connectivity index (χ1) is 14.3. The van der Waals surface area contributed by atoms with Crippen LogP contribution in [-0.2, 0) is 0 Å². The number of halogens is 2. The van der Waals surface area contributed by atoms with Gasteiger partial charge in [0.2, 0.25) is 5.43 Å². The van der Waals surface area contributed by atoms with Gasteiger partial charge in [-0.3, -0.25) is 14.3 Å². The van der Waals surface area contributed by atoms with E-state index in [1.807, 2.05) is 13.8 Å². The number of carboxylic acid groups (broad SMARTS) is 1. The second kappa shape index (κ2) is 7.45. The molecule has 30 heavy (non-hydrogen) atoms. The molecule has 4 heterocycles. The highest BCUT2D eigenvalue weighted by atomic mass is 19.1. The van der Waals surface area contributed by atoms with Crippen molar-refractivity contribution in [2.45, 2.75) is 25.9 Å². The number of hydrogen-bond acceptors (Lipinski definition) is 6. The van der Waals surface area contributed by atoms with Crippen molar-refractivity contribution in [3.05, 3.63) is 58.1 Å². The van der Waals surface area contributed by atoms with Crippen LogP contribution in [0, 0.1) is 11.6 Å². The summed E-state index contributed by atoms with van der Waals surface area (Å²) in [5.41, 5.74) is -1.59. The lowest BCUT2D eigenvalue weighted by Gasteiger charge is -2.37. The van der Waals surface area contributed by atoms with E-state index in [4.69, 9.17) is 0 Å². The summed E-state index contributed by atoms with van der Waals surface area (Å²) in [6, 6.07) is 2.46. The largest absolute Gasteiger partial charge is 0.477 e. The van der Waals surface area contributed by atoms with Gasteiger partial charge in [-0.25, -0.2) is 18.6 Å². The number of pyridine rings is 3. The summed E-state index contributed by atoms with van der Waals surface area (Å²) < 4.78 is 30.6. The van der Waals surface area contributed by atoms with E-state index < -0.39 is 28.6 Å². The average molecular weight is 415 g/mol. The molecule has 1 fully saturated rings. The van der Waals surface area contributed by atoms with Crippen LogP contribution in [0.4, 0.5) is 14.6 Å². The molecule has 3 aromatic heterocycles. The molecular weight excluding hydrogens is 396 g/mol. The number of fused-ring (bicyclic) bond motifs is 1. The van der Waals surface area contributed by atoms with E-state index in [0.717, 1.165) is 23.0 Å². The van der Waals surface area contributed by atoms with Crippen LogP contribution in [0.5, 0.6) is 0 Å². The third-order valence-electron chi connectivity index (χ3n) is 5.01. The fourth-order valence-electron chi connectivity index (χ4n) is 3.84. The van der Waals surface area contributed by atoms with Gasteiger partial charge in [0.25, 0.3) is 0 Å². The Balaban J connectivity index is 2.02. The monoisotopic (exact) mass is 415 g/mol. The first-order valence-electron chi connectivity index (χ1n) is 9.36. The van der Waals surface area contributed by atoms with E-state index in [1.165, 1.54) is 12.3 Å². The van der Waals surface area contributed by atoms with Gasteiger partial charge >= 0.3 is 5.97 Å². The van der Waals surface area contributed by atoms with Crippen LogP contribution in [0.25, 0.3) is 16.7 Å². The number of piperazine rings is 1. The maximum atomic E-state index is 15.0. The zero-order valence-electron chi connectivity index (χ0n) is 16.3. The zero-order valence-corrected chi connectivity index (χ0v) is 16.3. The lowest BCUT2D eigenvalue weighted by molar-refractivity contribution is 0.0695. The highest BCUT2D eigenvalue weighted by Crippen LogP contribution is 2.25. The molecule has 1 aliphatic heterocycles. The third-order valence-corrected chi connectivity index (χ3v) is 5.01. The Hall–Kier alpha value is -3.40. The second-order valence-corrected chi connectivity index (χ2v) is 7.41. The molecule has 1 aliphatic rings. The van der Waals surface area contributed by atoms with Crippen molar-refractivity contribution >= 4 is 22.8 Å². The van der Waals surface area contributed by atoms with E-state index in [1.54, 1.807) is 4.90 Å². The number of carboxylic acids is 1. The van der Waals surface area contributed by atoms with Gasteiger partial charge in [-0.1, -0.05) is 0 Å². The van der Waals surface area contributed by atoms with Crippen molar-refractivity contribution in [1.29, 1.82) is 0 Å². The Morgan fingerprint density at radius 2 is 1.93 bits per heavy atom. The maximum Gasteiger partial charge on any atom is 0.341 e. The minimum absolute atomic E-state index is 0.0217. The SMILES string of the molecule is CC1CN(c2nc3c(cc2F)c(=O)c(C(=O)O)cn3-c2ccncc2F)CC(C)N1. The molecule has 0 aliphatic carbocycles. The number of rotatable bonds is 3. The van der Waals surface area contributed by atoms with E-state index in [2.05, 4.69) is 15.3 Å². The first-order valence-corrected chi connectivity index (χ1v) is 9.36. The van der Waals surface area contributed by atoms with Crippen molar-refractivity contribution in [2.75, 3.05) is 18.0 Å². The van der Waals surface area contributed by atoms with Crippen LogP contribution < -0.4 is 15.6 Å². The van der Waals surface area contributed by atoms with Crippen LogP contribution in [-0.4, -0.2) is 50.8 Å². The number of nitrogens with one attached hydrogen (secondary N) is 1. The molecule has 0 spiro atoms. The lowest BCUT2D eigenvalue weighted by Crippen LogP contribution is -2.54. The summed E-state index contributed by atoms with van der Waals surface area (Å²) in [5, 5.41) is 12.5. The van der Waals surface area contributed by atoms with Gasteiger partial charge in [0.15, 0.2) is 23.1 Å². The molecule has 0 aromatic carbocycles. The van der Waals surface area contributed by atoms with Gasteiger partial charge in [0, 0.05) is 37.6 Å². The van der Waals surface area contributed by atoms with Gasteiger partial charge < -0.3 is 15.3 Å². The number of anilines is 1. The zero-order chi connectivity index (χ0) is 21.6. The van der Waals surface area contributed by atoms with Crippen LogP contribution in [0.2, 0.25) is 0 Å². The lowest BCUT2D eigenvalue weighted by atomic mass is 10.1. The molecular formula is C20H19F2N5O3. The number of nitrogens with zero attached hydrogens (tertiary/aromatic N) is 4. The van der Waals surface area contributed by atoms with E-state index in [0.29, 0.717) is 13.1 Å². The Kier molecular flexibility index (Phi) is 4.94. The standard InChI is InChI=1S/C20H19F2N5O3/c1-10-7-26(8-11(2)24-10)19-14(21)5-12-17(28)13(20(29)30)9-27(18(12)25-19)16-3-4-23-6-15(16)22/h3-6,9-11,24H,7-8H2,1-2H3,(H,29,30). The molecule has 8 nitrogen and oxygen atoms in total. The fourth-order valence-corrected chi connectivity index (χ4v) is 3.84. The topological polar surface area (TPSA) is 100 Å². The number of carbonyl (C=O) groups is 1. The molecule has 0 radical (unpaired) electrons.